The Kier molecular flexibility index (Phi) is 5.17. The summed E-state index contributed by atoms with van der Waals surface area (Å²) < 4.78 is 24.6. The van der Waals surface area contributed by atoms with Gasteiger partial charge in [0.15, 0.2) is 9.84 Å². The molecule has 3 nitrogen and oxygen atoms in total. The van der Waals surface area contributed by atoms with Crippen LogP contribution < -0.4 is 0 Å². The molecule has 0 aromatic heterocycles. The van der Waals surface area contributed by atoms with Crippen LogP contribution in [0.2, 0.25) is 10.0 Å². The van der Waals surface area contributed by atoms with Crippen molar-refractivity contribution >= 4 is 33.0 Å². The Balaban J connectivity index is 2.21. The Bertz CT molecular complexity index is 756. The van der Waals surface area contributed by atoms with Crippen molar-refractivity contribution in [3.63, 3.8) is 0 Å². The van der Waals surface area contributed by atoms with E-state index in [-0.39, 0.29) is 10.8 Å². The number of aliphatic hydroxyl groups is 1. The Hall–Kier alpha value is -1.07. The summed E-state index contributed by atoms with van der Waals surface area (Å²) in [6, 6.07) is 13.5. The van der Waals surface area contributed by atoms with Crippen molar-refractivity contribution in [2.24, 2.45) is 0 Å². The topological polar surface area (TPSA) is 54.4 Å². The van der Waals surface area contributed by atoms with Crippen molar-refractivity contribution in [1.29, 1.82) is 0 Å². The molecular formula is C16H16Cl2O3S. The minimum atomic E-state index is -3.49. The van der Waals surface area contributed by atoms with Gasteiger partial charge in [-0.25, -0.2) is 8.42 Å². The second-order valence-electron chi connectivity index (χ2n) is 5.42. The van der Waals surface area contributed by atoms with E-state index in [1.165, 1.54) is 19.1 Å². The molecule has 0 heterocycles. The second-order valence-corrected chi connectivity index (χ2v) is 8.30. The van der Waals surface area contributed by atoms with Crippen LogP contribution >= 0.6 is 23.2 Å². The third kappa shape index (κ3) is 4.46. The molecule has 2 aromatic carbocycles. The molecule has 0 saturated heterocycles. The van der Waals surface area contributed by atoms with Gasteiger partial charge in [0.05, 0.1) is 21.6 Å². The van der Waals surface area contributed by atoms with E-state index in [1.807, 2.05) is 6.07 Å². The van der Waals surface area contributed by atoms with Gasteiger partial charge in [0.2, 0.25) is 0 Å². The lowest BCUT2D eigenvalue weighted by atomic mass is 9.98. The molecule has 22 heavy (non-hydrogen) atoms. The maximum absolute atomic E-state index is 12.3. The van der Waals surface area contributed by atoms with Gasteiger partial charge in [0.1, 0.15) is 5.60 Å². The number of hydrogen-bond donors (Lipinski definition) is 1. The molecule has 0 aliphatic rings. The Morgan fingerprint density at radius 3 is 2.27 bits per heavy atom. The molecule has 0 amide bonds. The molecule has 0 bridgehead atoms. The lowest BCUT2D eigenvalue weighted by Gasteiger charge is -2.24. The van der Waals surface area contributed by atoms with E-state index in [9.17, 15) is 13.5 Å². The zero-order chi connectivity index (χ0) is 16.4. The first-order valence-electron chi connectivity index (χ1n) is 6.62. The summed E-state index contributed by atoms with van der Waals surface area (Å²) in [5.41, 5.74) is -0.437. The van der Waals surface area contributed by atoms with Gasteiger partial charge in [-0.1, -0.05) is 59.6 Å². The summed E-state index contributed by atoms with van der Waals surface area (Å²) in [5.74, 6) is -0.516. The van der Waals surface area contributed by atoms with E-state index in [2.05, 4.69) is 0 Å². The standard InChI is InChI=1S/C16H16Cl2O3S/c1-16(19,13-7-8-14(17)15(18)9-13)11-22(20,21)10-12-5-3-2-4-6-12/h2-9,19H,10-11H2,1H3/t16-/m1/s1. The highest BCUT2D eigenvalue weighted by atomic mass is 35.5. The zero-order valence-corrected chi connectivity index (χ0v) is 14.3. The van der Waals surface area contributed by atoms with Gasteiger partial charge >= 0.3 is 0 Å². The lowest BCUT2D eigenvalue weighted by Crippen LogP contribution is -2.32. The summed E-state index contributed by atoms with van der Waals surface area (Å²) in [6.07, 6.45) is 0. The molecular weight excluding hydrogens is 343 g/mol. The van der Waals surface area contributed by atoms with Crippen LogP contribution in [-0.2, 0) is 21.2 Å². The fraction of sp³-hybridized carbons (Fsp3) is 0.250. The molecule has 118 valence electrons. The minimum absolute atomic E-state index is 0.120. The first-order valence-corrected chi connectivity index (χ1v) is 9.20. The van der Waals surface area contributed by atoms with Crippen molar-refractivity contribution < 1.29 is 13.5 Å². The normalized spacial score (nSPS) is 14.5. The van der Waals surface area contributed by atoms with E-state index in [1.54, 1.807) is 30.3 Å². The summed E-state index contributed by atoms with van der Waals surface area (Å²) in [6.45, 7) is 1.45. The van der Waals surface area contributed by atoms with Crippen LogP contribution in [-0.4, -0.2) is 19.3 Å². The van der Waals surface area contributed by atoms with Crippen LogP contribution in [0, 0.1) is 0 Å². The maximum atomic E-state index is 12.3. The molecule has 2 aromatic rings. The molecule has 1 atom stereocenters. The fourth-order valence-electron chi connectivity index (χ4n) is 2.22. The van der Waals surface area contributed by atoms with Gasteiger partial charge < -0.3 is 5.11 Å². The fourth-order valence-corrected chi connectivity index (χ4v) is 4.35. The molecule has 0 aliphatic carbocycles. The predicted octanol–water partition coefficient (Wildman–Crippen LogP) is 3.82. The molecule has 2 rings (SSSR count). The molecule has 0 fully saturated rings. The highest BCUT2D eigenvalue weighted by Crippen LogP contribution is 2.30. The average molecular weight is 359 g/mol. The van der Waals surface area contributed by atoms with E-state index < -0.39 is 21.2 Å². The van der Waals surface area contributed by atoms with E-state index in [0.717, 1.165) is 0 Å². The van der Waals surface area contributed by atoms with Gasteiger partial charge in [-0.05, 0) is 30.2 Å². The SMILES string of the molecule is C[C@@](O)(CS(=O)(=O)Cc1ccccc1)c1ccc(Cl)c(Cl)c1. The van der Waals surface area contributed by atoms with Crippen molar-refractivity contribution in [3.05, 3.63) is 69.7 Å². The largest absolute Gasteiger partial charge is 0.384 e. The van der Waals surface area contributed by atoms with Crippen LogP contribution in [0.25, 0.3) is 0 Å². The molecule has 0 saturated carbocycles. The Morgan fingerprint density at radius 1 is 1.05 bits per heavy atom. The molecule has 0 unspecified atom stereocenters. The van der Waals surface area contributed by atoms with Gasteiger partial charge in [0, 0.05) is 0 Å². The first kappa shape index (κ1) is 17.3. The van der Waals surface area contributed by atoms with Crippen LogP contribution in [0.15, 0.2) is 48.5 Å². The van der Waals surface area contributed by atoms with Crippen LogP contribution in [0.5, 0.6) is 0 Å². The van der Waals surface area contributed by atoms with Gasteiger partial charge in [-0.2, -0.15) is 0 Å². The van der Waals surface area contributed by atoms with Crippen molar-refractivity contribution in [2.45, 2.75) is 18.3 Å². The molecule has 1 N–H and O–H groups in total. The third-order valence-electron chi connectivity index (χ3n) is 3.27. The smallest absolute Gasteiger partial charge is 0.157 e. The van der Waals surface area contributed by atoms with E-state index >= 15 is 0 Å². The maximum Gasteiger partial charge on any atom is 0.157 e. The monoisotopic (exact) mass is 358 g/mol. The number of halogens is 2. The van der Waals surface area contributed by atoms with Crippen LogP contribution in [0.3, 0.4) is 0 Å². The number of sulfone groups is 1. The molecule has 0 spiro atoms. The third-order valence-corrected chi connectivity index (χ3v) is 5.79. The molecule has 0 radical (unpaired) electrons. The second kappa shape index (κ2) is 6.59. The average Bonchev–Trinajstić information content (AvgIpc) is 2.41. The van der Waals surface area contributed by atoms with Crippen molar-refractivity contribution in [2.75, 3.05) is 5.75 Å². The van der Waals surface area contributed by atoms with Crippen molar-refractivity contribution in [1.82, 2.24) is 0 Å². The van der Waals surface area contributed by atoms with Crippen LogP contribution in [0.1, 0.15) is 18.1 Å². The van der Waals surface area contributed by atoms with Crippen LogP contribution in [0.4, 0.5) is 0 Å². The predicted molar refractivity (Wildman–Crippen MR) is 90.0 cm³/mol. The summed E-state index contributed by atoms with van der Waals surface area (Å²) in [7, 11) is -3.49. The van der Waals surface area contributed by atoms with Gasteiger partial charge in [-0.3, -0.25) is 0 Å². The summed E-state index contributed by atoms with van der Waals surface area (Å²) >= 11 is 11.8. The van der Waals surface area contributed by atoms with E-state index in [0.29, 0.717) is 16.1 Å². The molecule has 6 heteroatoms. The van der Waals surface area contributed by atoms with E-state index in [4.69, 9.17) is 23.2 Å². The highest BCUT2D eigenvalue weighted by molar-refractivity contribution is 7.90. The number of rotatable bonds is 5. The summed E-state index contributed by atoms with van der Waals surface area (Å²) in [5, 5.41) is 11.2. The Labute approximate surface area is 140 Å². The Morgan fingerprint density at radius 2 is 1.68 bits per heavy atom. The zero-order valence-electron chi connectivity index (χ0n) is 12.0. The molecule has 0 aliphatic heterocycles. The van der Waals surface area contributed by atoms with Crippen molar-refractivity contribution in [3.8, 4) is 0 Å². The number of benzene rings is 2. The number of hydrogen-bond acceptors (Lipinski definition) is 3. The quantitative estimate of drug-likeness (QED) is 0.883. The van der Waals surface area contributed by atoms with Gasteiger partial charge in [-0.15, -0.1) is 0 Å². The van der Waals surface area contributed by atoms with Gasteiger partial charge in [0.25, 0.3) is 0 Å². The lowest BCUT2D eigenvalue weighted by molar-refractivity contribution is 0.0819. The first-order chi connectivity index (χ1) is 10.2. The summed E-state index contributed by atoms with van der Waals surface area (Å²) in [4.78, 5) is 0. The minimum Gasteiger partial charge on any atom is -0.384 e. The highest BCUT2D eigenvalue weighted by Gasteiger charge is 2.30.